The van der Waals surface area contributed by atoms with Gasteiger partial charge in [0, 0.05) is 13.0 Å². The van der Waals surface area contributed by atoms with E-state index in [2.05, 4.69) is 18.9 Å². The van der Waals surface area contributed by atoms with Crippen molar-refractivity contribution in [3.8, 4) is 0 Å². The highest BCUT2D eigenvalue weighted by Crippen LogP contribution is 2.43. The number of hydrogen-bond acceptors (Lipinski definition) is 2. The van der Waals surface area contributed by atoms with Gasteiger partial charge in [-0.2, -0.15) is 5.10 Å². The Morgan fingerprint density at radius 2 is 2.21 bits per heavy atom. The fraction of sp³-hybridized carbons (Fsp3) is 0.733. The molecule has 0 aromatic carbocycles. The molecule has 0 radical (unpaired) electrons. The zero-order valence-electron chi connectivity index (χ0n) is 12.3. The Balaban J connectivity index is 2.18. The Labute approximate surface area is 120 Å². The summed E-state index contributed by atoms with van der Waals surface area (Å²) in [5, 5.41) is 5.05. The summed E-state index contributed by atoms with van der Waals surface area (Å²) in [6.07, 6.45) is 4.53. The summed E-state index contributed by atoms with van der Waals surface area (Å²) in [6.45, 7) is 6.43. The summed E-state index contributed by atoms with van der Waals surface area (Å²) in [6, 6.07) is 0. The van der Waals surface area contributed by atoms with Crippen molar-refractivity contribution in [1.29, 1.82) is 0 Å². The number of Topliss-reactive ketones (excluding diaryl/α,β-unsaturated/α-hetero) is 1. The Morgan fingerprint density at radius 3 is 2.68 bits per heavy atom. The number of ketones is 1. The quantitative estimate of drug-likeness (QED) is 0.846. The minimum atomic E-state index is 0.135. The lowest BCUT2D eigenvalue weighted by Gasteiger charge is -2.25. The number of aromatic nitrogens is 2. The van der Waals surface area contributed by atoms with Gasteiger partial charge in [-0.05, 0) is 24.7 Å². The van der Waals surface area contributed by atoms with Gasteiger partial charge in [-0.15, -0.1) is 0 Å². The topological polar surface area (TPSA) is 34.9 Å². The van der Waals surface area contributed by atoms with Crippen LogP contribution in [0.3, 0.4) is 0 Å². The summed E-state index contributed by atoms with van der Waals surface area (Å²) in [4.78, 5) is 12.5. The summed E-state index contributed by atoms with van der Waals surface area (Å²) >= 11 is 6.32. The second-order valence-corrected chi connectivity index (χ2v) is 6.64. The molecular weight excluding hydrogens is 260 g/mol. The number of carbonyl (C=O) groups is 1. The average Bonchev–Trinajstić information content (AvgIpc) is 2.82. The second-order valence-electron chi connectivity index (χ2n) is 6.26. The molecule has 1 unspecified atom stereocenters. The van der Waals surface area contributed by atoms with E-state index in [1.54, 1.807) is 4.68 Å². The maximum Gasteiger partial charge on any atom is 0.142 e. The van der Waals surface area contributed by atoms with Crippen molar-refractivity contribution in [3.63, 3.8) is 0 Å². The van der Waals surface area contributed by atoms with Gasteiger partial charge in [0.25, 0.3) is 0 Å². The van der Waals surface area contributed by atoms with Gasteiger partial charge < -0.3 is 0 Å². The number of halogens is 1. The minimum Gasteiger partial charge on any atom is -0.299 e. The van der Waals surface area contributed by atoms with E-state index in [4.69, 9.17) is 11.6 Å². The molecule has 1 aliphatic carbocycles. The summed E-state index contributed by atoms with van der Waals surface area (Å²) in [5.41, 5.74) is 1.89. The van der Waals surface area contributed by atoms with Crippen LogP contribution in [0.1, 0.15) is 51.4 Å². The smallest absolute Gasteiger partial charge is 0.142 e. The van der Waals surface area contributed by atoms with Crippen molar-refractivity contribution in [2.45, 2.75) is 52.9 Å². The van der Waals surface area contributed by atoms with Crippen molar-refractivity contribution < 1.29 is 4.79 Å². The molecule has 0 N–H and O–H groups in total. The van der Waals surface area contributed by atoms with Crippen molar-refractivity contribution in [3.05, 3.63) is 16.4 Å². The van der Waals surface area contributed by atoms with E-state index in [-0.39, 0.29) is 11.3 Å². The fourth-order valence-electron chi connectivity index (χ4n) is 3.22. The van der Waals surface area contributed by atoms with E-state index in [1.165, 1.54) is 0 Å². The fourth-order valence-corrected chi connectivity index (χ4v) is 3.58. The van der Waals surface area contributed by atoms with Crippen LogP contribution in [-0.2, 0) is 24.7 Å². The van der Waals surface area contributed by atoms with Crippen molar-refractivity contribution in [2.75, 3.05) is 0 Å². The van der Waals surface area contributed by atoms with Crippen LogP contribution in [0.2, 0.25) is 5.02 Å². The van der Waals surface area contributed by atoms with E-state index in [1.807, 2.05) is 14.0 Å². The third-order valence-electron chi connectivity index (χ3n) is 4.49. The number of rotatable bonds is 4. The Morgan fingerprint density at radius 1 is 1.53 bits per heavy atom. The van der Waals surface area contributed by atoms with Crippen LogP contribution in [0.4, 0.5) is 0 Å². The predicted molar refractivity (Wildman–Crippen MR) is 77.4 cm³/mol. The normalized spacial score (nSPS) is 21.8. The maximum atomic E-state index is 12.5. The lowest BCUT2D eigenvalue weighted by atomic mass is 9.78. The van der Waals surface area contributed by atoms with Crippen LogP contribution < -0.4 is 0 Å². The molecule has 0 spiro atoms. The first-order valence-electron chi connectivity index (χ1n) is 7.09. The van der Waals surface area contributed by atoms with Crippen LogP contribution in [0, 0.1) is 11.3 Å². The number of aryl methyl sites for hydroxylation is 2. The molecule has 1 heterocycles. The molecule has 106 valence electrons. The van der Waals surface area contributed by atoms with Crippen molar-refractivity contribution in [1.82, 2.24) is 9.78 Å². The zero-order chi connectivity index (χ0) is 14.2. The lowest BCUT2D eigenvalue weighted by molar-refractivity contribution is -0.124. The monoisotopic (exact) mass is 282 g/mol. The first-order chi connectivity index (χ1) is 8.86. The molecule has 19 heavy (non-hydrogen) atoms. The molecule has 2 rings (SSSR count). The second kappa shape index (κ2) is 5.28. The molecule has 0 aliphatic heterocycles. The molecule has 1 aliphatic rings. The standard InChI is InChI=1S/C15H23ClN2O/c1-5-11-14(16)12(18(4)17-11)9-13(19)10-7-6-8-15(10,2)3/h10H,5-9H2,1-4H3. The molecule has 1 atom stereocenters. The number of nitrogens with zero attached hydrogens (tertiary/aromatic N) is 2. The van der Waals surface area contributed by atoms with Crippen LogP contribution in [0.15, 0.2) is 0 Å². The Kier molecular flexibility index (Phi) is 4.05. The summed E-state index contributed by atoms with van der Waals surface area (Å²) in [7, 11) is 1.87. The Bertz CT molecular complexity index is 491. The first-order valence-corrected chi connectivity index (χ1v) is 7.47. The molecular formula is C15H23ClN2O. The van der Waals surface area contributed by atoms with E-state index in [0.717, 1.165) is 37.1 Å². The molecule has 0 bridgehead atoms. The van der Waals surface area contributed by atoms with Crippen LogP contribution >= 0.6 is 11.6 Å². The van der Waals surface area contributed by atoms with Gasteiger partial charge in [-0.3, -0.25) is 9.48 Å². The first kappa shape index (κ1) is 14.6. The van der Waals surface area contributed by atoms with E-state index in [9.17, 15) is 4.79 Å². The number of hydrogen-bond donors (Lipinski definition) is 0. The predicted octanol–water partition coefficient (Wildman–Crippen LogP) is 3.57. The van der Waals surface area contributed by atoms with Gasteiger partial charge >= 0.3 is 0 Å². The zero-order valence-corrected chi connectivity index (χ0v) is 13.0. The largest absolute Gasteiger partial charge is 0.299 e. The molecule has 3 nitrogen and oxygen atoms in total. The molecule has 0 amide bonds. The highest BCUT2D eigenvalue weighted by atomic mass is 35.5. The Hall–Kier alpha value is -0.830. The summed E-state index contributed by atoms with van der Waals surface area (Å²) in [5.74, 6) is 0.485. The van der Waals surface area contributed by atoms with Gasteiger partial charge in [0.05, 0.1) is 22.8 Å². The van der Waals surface area contributed by atoms with Crippen LogP contribution in [-0.4, -0.2) is 15.6 Å². The van der Waals surface area contributed by atoms with Crippen LogP contribution in [0.25, 0.3) is 0 Å². The van der Waals surface area contributed by atoms with Gasteiger partial charge in [0.15, 0.2) is 0 Å². The average molecular weight is 283 g/mol. The molecule has 0 saturated heterocycles. The van der Waals surface area contributed by atoms with Crippen molar-refractivity contribution >= 4 is 17.4 Å². The lowest BCUT2D eigenvalue weighted by Crippen LogP contribution is -2.27. The molecule has 1 aromatic heterocycles. The maximum absolute atomic E-state index is 12.5. The summed E-state index contributed by atoms with van der Waals surface area (Å²) < 4.78 is 1.76. The van der Waals surface area contributed by atoms with Crippen molar-refractivity contribution in [2.24, 2.45) is 18.4 Å². The minimum absolute atomic E-state index is 0.135. The van der Waals surface area contributed by atoms with Crippen LogP contribution in [0.5, 0.6) is 0 Å². The number of carbonyl (C=O) groups excluding carboxylic acids is 1. The van der Waals surface area contributed by atoms with Gasteiger partial charge in [-0.25, -0.2) is 0 Å². The van der Waals surface area contributed by atoms with E-state index >= 15 is 0 Å². The molecule has 1 saturated carbocycles. The highest BCUT2D eigenvalue weighted by molar-refractivity contribution is 6.32. The third-order valence-corrected chi connectivity index (χ3v) is 4.93. The van der Waals surface area contributed by atoms with E-state index < -0.39 is 0 Å². The van der Waals surface area contributed by atoms with Gasteiger partial charge in [-0.1, -0.05) is 38.8 Å². The third kappa shape index (κ3) is 2.71. The molecule has 1 aromatic rings. The van der Waals surface area contributed by atoms with Gasteiger partial charge in [0.2, 0.25) is 0 Å². The van der Waals surface area contributed by atoms with E-state index in [0.29, 0.717) is 17.2 Å². The highest BCUT2D eigenvalue weighted by Gasteiger charge is 2.39. The molecule has 1 fully saturated rings. The molecule has 4 heteroatoms. The van der Waals surface area contributed by atoms with Gasteiger partial charge in [0.1, 0.15) is 5.78 Å². The SMILES string of the molecule is CCc1nn(C)c(CC(=O)C2CCCC2(C)C)c1Cl.